The molecular weight excluding hydrogens is 220 g/mol. The second-order valence-corrected chi connectivity index (χ2v) is 5.37. The molecule has 1 saturated carbocycles. The second-order valence-electron chi connectivity index (χ2n) is 4.38. The van der Waals surface area contributed by atoms with Crippen molar-refractivity contribution >= 4 is 11.8 Å². The molecule has 1 aromatic rings. The second kappa shape index (κ2) is 6.21. The van der Waals surface area contributed by atoms with Gasteiger partial charge in [-0.1, -0.05) is 37.4 Å². The van der Waals surface area contributed by atoms with Crippen LogP contribution in [0.3, 0.4) is 0 Å². The Hall–Kier alpha value is -0.610. The largest absolute Gasteiger partial charge is 0.392 e. The first-order valence-electron chi connectivity index (χ1n) is 5.92. The van der Waals surface area contributed by atoms with Crippen molar-refractivity contribution in [2.24, 2.45) is 5.92 Å². The van der Waals surface area contributed by atoms with Crippen molar-refractivity contribution in [3.8, 4) is 0 Å². The van der Waals surface area contributed by atoms with Crippen LogP contribution in [0.2, 0.25) is 0 Å². The minimum Gasteiger partial charge on any atom is -0.392 e. The Morgan fingerprint density at radius 1 is 1.31 bits per heavy atom. The molecule has 1 heterocycles. The van der Waals surface area contributed by atoms with Gasteiger partial charge >= 0.3 is 0 Å². The molecule has 1 unspecified atom stereocenters. The minimum atomic E-state index is -0.211. The first kappa shape index (κ1) is 11.9. The van der Waals surface area contributed by atoms with Crippen LogP contribution in [0.15, 0.2) is 23.6 Å². The molecule has 3 nitrogen and oxygen atoms in total. The Balaban J connectivity index is 1.69. The molecule has 16 heavy (non-hydrogen) atoms. The van der Waals surface area contributed by atoms with Gasteiger partial charge in [0.15, 0.2) is 5.16 Å². The highest BCUT2D eigenvalue weighted by Crippen LogP contribution is 2.29. The lowest BCUT2D eigenvalue weighted by atomic mass is 10.0. The van der Waals surface area contributed by atoms with Gasteiger partial charge in [-0.25, -0.2) is 9.97 Å². The van der Waals surface area contributed by atoms with Crippen LogP contribution in [0.1, 0.15) is 32.1 Å². The molecule has 0 saturated heterocycles. The molecule has 1 atom stereocenters. The van der Waals surface area contributed by atoms with Crippen molar-refractivity contribution < 1.29 is 5.11 Å². The zero-order valence-corrected chi connectivity index (χ0v) is 10.2. The number of thioether (sulfide) groups is 1. The van der Waals surface area contributed by atoms with Crippen LogP contribution in [0.25, 0.3) is 0 Å². The van der Waals surface area contributed by atoms with Gasteiger partial charge in [-0.05, 0) is 18.4 Å². The third kappa shape index (κ3) is 3.76. The van der Waals surface area contributed by atoms with E-state index in [0.717, 1.165) is 17.5 Å². The summed E-state index contributed by atoms with van der Waals surface area (Å²) < 4.78 is 0. The molecule has 1 aliphatic rings. The molecule has 0 bridgehead atoms. The van der Waals surface area contributed by atoms with Crippen molar-refractivity contribution in [1.29, 1.82) is 0 Å². The third-order valence-electron chi connectivity index (χ3n) is 3.03. The maximum absolute atomic E-state index is 9.89. The Labute approximate surface area is 101 Å². The van der Waals surface area contributed by atoms with Gasteiger partial charge in [-0.15, -0.1) is 0 Å². The van der Waals surface area contributed by atoms with Gasteiger partial charge in [0.25, 0.3) is 0 Å². The molecule has 1 N–H and O–H groups in total. The summed E-state index contributed by atoms with van der Waals surface area (Å²) in [6, 6.07) is 1.80. The van der Waals surface area contributed by atoms with Gasteiger partial charge in [0.1, 0.15) is 0 Å². The molecule has 4 heteroatoms. The fraction of sp³-hybridized carbons (Fsp3) is 0.667. The number of aliphatic hydroxyl groups is 1. The molecule has 2 rings (SSSR count). The van der Waals surface area contributed by atoms with E-state index in [1.807, 2.05) is 0 Å². The van der Waals surface area contributed by atoms with Crippen LogP contribution in [0, 0.1) is 5.92 Å². The number of aromatic nitrogens is 2. The Morgan fingerprint density at radius 2 is 2.00 bits per heavy atom. The highest BCUT2D eigenvalue weighted by molar-refractivity contribution is 7.99. The zero-order chi connectivity index (χ0) is 11.2. The summed E-state index contributed by atoms with van der Waals surface area (Å²) in [5.41, 5.74) is 0. The average Bonchev–Trinajstić information content (AvgIpc) is 2.81. The summed E-state index contributed by atoms with van der Waals surface area (Å²) in [6.07, 6.45) is 9.47. The number of hydrogen-bond acceptors (Lipinski definition) is 4. The fourth-order valence-corrected chi connectivity index (χ4v) is 2.98. The summed E-state index contributed by atoms with van der Waals surface area (Å²) in [6.45, 7) is 0. The fourth-order valence-electron chi connectivity index (χ4n) is 2.23. The summed E-state index contributed by atoms with van der Waals surface area (Å²) in [5.74, 6) is 1.45. The third-order valence-corrected chi connectivity index (χ3v) is 4.05. The van der Waals surface area contributed by atoms with Crippen molar-refractivity contribution in [1.82, 2.24) is 9.97 Å². The average molecular weight is 238 g/mol. The smallest absolute Gasteiger partial charge is 0.187 e. The molecule has 1 fully saturated rings. The summed E-state index contributed by atoms with van der Waals surface area (Å²) >= 11 is 1.54. The van der Waals surface area contributed by atoms with E-state index in [4.69, 9.17) is 0 Å². The standard InChI is InChI=1S/C12H18N2OS/c15-11(8-10-4-1-2-5-10)9-16-12-13-6-3-7-14-12/h3,6-7,10-11,15H,1-2,4-5,8-9H2. The van der Waals surface area contributed by atoms with E-state index in [-0.39, 0.29) is 6.10 Å². The molecule has 88 valence electrons. The molecule has 0 aliphatic heterocycles. The normalized spacial score (nSPS) is 18.8. The van der Waals surface area contributed by atoms with Crippen LogP contribution >= 0.6 is 11.8 Å². The Bertz CT molecular complexity index is 301. The van der Waals surface area contributed by atoms with Gasteiger partial charge in [0.05, 0.1) is 6.10 Å². The predicted octanol–water partition coefficient (Wildman–Crippen LogP) is 2.51. The van der Waals surface area contributed by atoms with Gasteiger partial charge in [-0.2, -0.15) is 0 Å². The van der Waals surface area contributed by atoms with Crippen LogP contribution < -0.4 is 0 Å². The Morgan fingerprint density at radius 3 is 2.69 bits per heavy atom. The van der Waals surface area contributed by atoms with E-state index in [1.165, 1.54) is 37.4 Å². The molecule has 0 radical (unpaired) electrons. The lowest BCUT2D eigenvalue weighted by molar-refractivity contribution is 0.165. The predicted molar refractivity (Wildman–Crippen MR) is 65.3 cm³/mol. The highest BCUT2D eigenvalue weighted by atomic mass is 32.2. The lowest BCUT2D eigenvalue weighted by Crippen LogP contribution is -2.14. The van der Waals surface area contributed by atoms with E-state index >= 15 is 0 Å². The monoisotopic (exact) mass is 238 g/mol. The number of rotatable bonds is 5. The van der Waals surface area contributed by atoms with Crippen molar-refractivity contribution in [3.63, 3.8) is 0 Å². The lowest BCUT2D eigenvalue weighted by Gasteiger charge is -2.14. The van der Waals surface area contributed by atoms with E-state index in [2.05, 4.69) is 9.97 Å². The van der Waals surface area contributed by atoms with E-state index in [0.29, 0.717) is 5.75 Å². The summed E-state index contributed by atoms with van der Waals surface area (Å²) in [4.78, 5) is 8.25. The SMILES string of the molecule is OC(CSc1ncccn1)CC1CCCC1. The number of nitrogens with zero attached hydrogens (tertiary/aromatic N) is 2. The van der Waals surface area contributed by atoms with Gasteiger partial charge in [0, 0.05) is 18.1 Å². The van der Waals surface area contributed by atoms with Gasteiger partial charge in [0.2, 0.25) is 0 Å². The minimum absolute atomic E-state index is 0.211. The van der Waals surface area contributed by atoms with E-state index in [1.54, 1.807) is 18.5 Å². The molecule has 0 aromatic carbocycles. The molecule has 0 amide bonds. The first-order valence-corrected chi connectivity index (χ1v) is 6.91. The highest BCUT2D eigenvalue weighted by Gasteiger charge is 2.18. The molecular formula is C12H18N2OS. The van der Waals surface area contributed by atoms with Crippen LogP contribution in [-0.4, -0.2) is 26.9 Å². The van der Waals surface area contributed by atoms with E-state index in [9.17, 15) is 5.11 Å². The summed E-state index contributed by atoms with van der Waals surface area (Å²) in [5, 5.41) is 10.7. The van der Waals surface area contributed by atoms with Crippen molar-refractivity contribution in [2.45, 2.75) is 43.4 Å². The van der Waals surface area contributed by atoms with Crippen LogP contribution in [-0.2, 0) is 0 Å². The van der Waals surface area contributed by atoms with E-state index < -0.39 is 0 Å². The first-order chi connectivity index (χ1) is 7.84. The quantitative estimate of drug-likeness (QED) is 0.632. The molecule has 0 spiro atoms. The van der Waals surface area contributed by atoms with Crippen molar-refractivity contribution in [3.05, 3.63) is 18.5 Å². The maximum Gasteiger partial charge on any atom is 0.187 e. The summed E-state index contributed by atoms with van der Waals surface area (Å²) in [7, 11) is 0. The zero-order valence-electron chi connectivity index (χ0n) is 9.38. The Kier molecular flexibility index (Phi) is 4.60. The number of aliphatic hydroxyl groups excluding tert-OH is 1. The molecule has 1 aromatic heterocycles. The van der Waals surface area contributed by atoms with Crippen molar-refractivity contribution in [2.75, 3.05) is 5.75 Å². The van der Waals surface area contributed by atoms with Gasteiger partial charge in [-0.3, -0.25) is 0 Å². The number of hydrogen-bond donors (Lipinski definition) is 1. The van der Waals surface area contributed by atoms with Crippen LogP contribution in [0.4, 0.5) is 0 Å². The van der Waals surface area contributed by atoms with Gasteiger partial charge < -0.3 is 5.11 Å². The maximum atomic E-state index is 9.89. The molecule has 1 aliphatic carbocycles. The topological polar surface area (TPSA) is 46.0 Å². The van der Waals surface area contributed by atoms with Crippen LogP contribution in [0.5, 0.6) is 0 Å².